The zero-order valence-electron chi connectivity index (χ0n) is 36.5. The van der Waals surface area contributed by atoms with Gasteiger partial charge in [-0.15, -0.1) is 0 Å². The molecule has 0 spiro atoms. The quantitative estimate of drug-likeness (QED) is 0.0331. The molecule has 4 amide bonds. The van der Waals surface area contributed by atoms with E-state index in [9.17, 15) is 53.4 Å². The zero-order valence-corrected chi connectivity index (χ0v) is 38.1. The Morgan fingerprint density at radius 3 is 1.62 bits per heavy atom. The van der Waals surface area contributed by atoms with Gasteiger partial charge in [0.25, 0.3) is 19.4 Å². The van der Waals surface area contributed by atoms with Crippen LogP contribution in [0.1, 0.15) is 63.4 Å². The number of hydrogen-bond acceptors (Lipinski definition) is 16. The smallest absolute Gasteiger partial charge is 0.326 e. The van der Waals surface area contributed by atoms with Crippen LogP contribution in [0.4, 0.5) is 4.79 Å². The molecule has 1 aliphatic heterocycles. The van der Waals surface area contributed by atoms with Gasteiger partial charge in [0, 0.05) is 89.3 Å². The van der Waals surface area contributed by atoms with Gasteiger partial charge in [0.15, 0.2) is 0 Å². The van der Waals surface area contributed by atoms with E-state index >= 15 is 0 Å². The second-order valence-electron chi connectivity index (χ2n) is 15.2. The third kappa shape index (κ3) is 25.6. The molecule has 2 atom stereocenters. The fourth-order valence-corrected chi connectivity index (χ4v) is 6.91. The van der Waals surface area contributed by atoms with Crippen LogP contribution in [0.15, 0.2) is 28.7 Å². The molecule has 24 heteroatoms. The van der Waals surface area contributed by atoms with Crippen molar-refractivity contribution in [1.29, 1.82) is 0 Å². The Morgan fingerprint density at radius 2 is 1.14 bits per heavy atom. The highest BCUT2D eigenvalue weighted by Gasteiger charge is 2.25. The van der Waals surface area contributed by atoms with Crippen LogP contribution >= 0.6 is 15.9 Å². The first-order valence-corrected chi connectivity index (χ1v) is 22.1. The van der Waals surface area contributed by atoms with Gasteiger partial charge in [-0.1, -0.05) is 34.5 Å². The Labute approximate surface area is 386 Å². The van der Waals surface area contributed by atoms with E-state index in [1.807, 2.05) is 43.9 Å². The molecule has 364 valence electrons. The highest BCUT2D eigenvalue weighted by molar-refractivity contribution is 9.10. The molecule has 0 aliphatic carbocycles. The van der Waals surface area contributed by atoms with E-state index in [0.717, 1.165) is 10.0 Å². The molecule has 23 nitrogen and oxygen atoms in total. The Bertz CT molecular complexity index is 1620. The molecular formula is C41H63BrN8O15. The van der Waals surface area contributed by atoms with E-state index in [4.69, 9.17) is 19.3 Å². The maximum absolute atomic E-state index is 13.5. The van der Waals surface area contributed by atoms with Crippen LogP contribution in [0.2, 0.25) is 0 Å². The molecule has 2 rings (SSSR count). The number of rotatable bonds is 31. The maximum atomic E-state index is 13.5. The molecule has 0 aromatic heterocycles. The number of amides is 4. The van der Waals surface area contributed by atoms with Crippen LogP contribution in [0.5, 0.6) is 0 Å². The molecule has 0 radical (unpaired) electrons. The molecule has 0 saturated carbocycles. The Hall–Kier alpha value is -5.43. The van der Waals surface area contributed by atoms with Crippen LogP contribution in [0.3, 0.4) is 0 Å². The first kappa shape index (κ1) is 55.7. The fourth-order valence-electron chi connectivity index (χ4n) is 6.65. The highest BCUT2D eigenvalue weighted by atomic mass is 79.9. The minimum Gasteiger partial charge on any atom is -0.481 e. The van der Waals surface area contributed by atoms with Crippen molar-refractivity contribution in [3.8, 4) is 0 Å². The number of hydrogen-bond donors (Lipinski definition) is 6. The van der Waals surface area contributed by atoms with Crippen molar-refractivity contribution >= 4 is 71.1 Å². The summed E-state index contributed by atoms with van der Waals surface area (Å²) in [6.07, 6.45) is 1.86. The summed E-state index contributed by atoms with van der Waals surface area (Å²) in [6, 6.07) is 3.54. The lowest BCUT2D eigenvalue weighted by Crippen LogP contribution is -2.51. The molecule has 65 heavy (non-hydrogen) atoms. The summed E-state index contributed by atoms with van der Waals surface area (Å²) >= 11 is 3.41. The lowest BCUT2D eigenvalue weighted by molar-refractivity contribution is -0.141. The van der Waals surface area contributed by atoms with Crippen LogP contribution in [0, 0.1) is 0 Å². The zero-order chi connectivity index (χ0) is 47.8. The number of halogens is 1. The summed E-state index contributed by atoms with van der Waals surface area (Å²) in [4.78, 5) is 115. The SMILES string of the molecule is O=COCN1CCN(COC=O)CCN(CC(=O)NCCCCCC(=O)N(CCCCC(NC(=O)NC(CCC(=O)O)C(=O)O)C(=O)O)Cc2ccc(Br)cc2)CCN(COC=O)CC1. The van der Waals surface area contributed by atoms with Gasteiger partial charge in [-0.25, -0.2) is 14.4 Å². The first-order valence-electron chi connectivity index (χ1n) is 21.3. The topological polar surface area (TPSA) is 294 Å². The second kappa shape index (κ2) is 33.1. The van der Waals surface area contributed by atoms with E-state index < -0.39 is 42.4 Å². The molecular weight excluding hydrogens is 924 g/mol. The highest BCUT2D eigenvalue weighted by Crippen LogP contribution is 2.15. The summed E-state index contributed by atoms with van der Waals surface area (Å²) < 4.78 is 15.9. The van der Waals surface area contributed by atoms with Crippen molar-refractivity contribution in [2.75, 3.05) is 92.2 Å². The van der Waals surface area contributed by atoms with Crippen molar-refractivity contribution < 1.29 is 72.7 Å². The van der Waals surface area contributed by atoms with E-state index in [2.05, 4.69) is 31.9 Å². The monoisotopic (exact) mass is 986 g/mol. The number of nitrogens with zero attached hydrogens (tertiary/aromatic N) is 5. The maximum Gasteiger partial charge on any atom is 0.326 e. The van der Waals surface area contributed by atoms with Gasteiger partial charge in [0.2, 0.25) is 11.8 Å². The summed E-state index contributed by atoms with van der Waals surface area (Å²) in [5.41, 5.74) is 0.885. The number of carbonyl (C=O) groups is 9. The van der Waals surface area contributed by atoms with Gasteiger partial charge in [0.1, 0.15) is 32.3 Å². The number of aliphatic carboxylic acids is 3. The third-order valence-electron chi connectivity index (χ3n) is 10.3. The molecule has 1 heterocycles. The number of carbonyl (C=O) groups excluding carboxylic acids is 6. The molecule has 1 saturated heterocycles. The fraction of sp³-hybridized carbons (Fsp3) is 0.634. The van der Waals surface area contributed by atoms with E-state index in [1.54, 1.807) is 4.90 Å². The van der Waals surface area contributed by atoms with E-state index in [1.165, 1.54) is 0 Å². The number of carboxylic acid groups (broad SMARTS) is 3. The normalized spacial score (nSPS) is 15.4. The molecule has 2 unspecified atom stereocenters. The predicted octanol–water partition coefficient (Wildman–Crippen LogP) is 0.308. The lowest BCUT2D eigenvalue weighted by Gasteiger charge is -2.33. The molecule has 1 aromatic carbocycles. The lowest BCUT2D eigenvalue weighted by atomic mass is 10.1. The van der Waals surface area contributed by atoms with Crippen LogP contribution in [0.25, 0.3) is 0 Å². The first-order chi connectivity index (χ1) is 31.2. The molecule has 1 fully saturated rings. The van der Waals surface area contributed by atoms with E-state index in [0.29, 0.717) is 124 Å². The van der Waals surface area contributed by atoms with Crippen LogP contribution in [-0.4, -0.2) is 199 Å². The van der Waals surface area contributed by atoms with E-state index in [-0.39, 0.29) is 57.8 Å². The molecule has 1 aromatic rings. The van der Waals surface area contributed by atoms with Gasteiger partial charge >= 0.3 is 23.9 Å². The number of carboxylic acids is 3. The molecule has 1 aliphatic rings. The number of nitrogens with one attached hydrogen (secondary N) is 3. The van der Waals surface area contributed by atoms with Crippen LogP contribution in [-0.2, 0) is 59.1 Å². The molecule has 6 N–H and O–H groups in total. The third-order valence-corrected chi connectivity index (χ3v) is 10.9. The van der Waals surface area contributed by atoms with Crippen LogP contribution < -0.4 is 16.0 Å². The summed E-state index contributed by atoms with van der Waals surface area (Å²) in [5, 5.41) is 35.1. The second-order valence-corrected chi connectivity index (χ2v) is 16.2. The average Bonchev–Trinajstić information content (AvgIpc) is 3.27. The van der Waals surface area contributed by atoms with Crippen molar-refractivity contribution in [2.24, 2.45) is 0 Å². The largest absolute Gasteiger partial charge is 0.481 e. The van der Waals surface area contributed by atoms with Crippen molar-refractivity contribution in [1.82, 2.24) is 40.4 Å². The number of ether oxygens (including phenoxy) is 3. The van der Waals surface area contributed by atoms with Crippen molar-refractivity contribution in [2.45, 2.75) is 76.4 Å². The number of urea groups is 1. The van der Waals surface area contributed by atoms with Crippen molar-refractivity contribution in [3.63, 3.8) is 0 Å². The minimum absolute atomic E-state index is 0.0116. The minimum atomic E-state index is -1.52. The number of benzene rings is 1. The summed E-state index contributed by atoms with van der Waals surface area (Å²) in [6.45, 7) is 6.14. The molecule has 0 bridgehead atoms. The van der Waals surface area contributed by atoms with Gasteiger partial charge < -0.3 is 50.4 Å². The summed E-state index contributed by atoms with van der Waals surface area (Å²) in [7, 11) is 0. The standard InChI is InChI=1S/C41H63BrN8O15/c42-33-10-8-32(9-11-33)24-50(15-5-3-6-34(39(58)59)44-41(62)45-35(40(60)61)12-13-38(56)57)37(55)7-2-1-4-14-43-36(54)25-46-16-18-47(26-63-29-51)20-22-49(28-65-31-53)23-21-48(19-17-46)27-64-30-52/h8-11,29-31,34-35H,1-7,12-28H2,(H,43,54)(H,56,57)(H,58,59)(H,60,61)(H2,44,45,62). The Morgan fingerprint density at radius 1 is 0.646 bits per heavy atom. The average molecular weight is 988 g/mol. The summed E-state index contributed by atoms with van der Waals surface area (Å²) in [5.74, 6) is -4.35. The van der Waals surface area contributed by atoms with Gasteiger partial charge in [0.05, 0.1) is 6.54 Å². The van der Waals surface area contributed by atoms with Gasteiger partial charge in [-0.05, 0) is 56.2 Å². The number of unbranched alkanes of at least 4 members (excludes halogenated alkanes) is 3. The Kier molecular flexibility index (Phi) is 28.4. The Balaban J connectivity index is 1.91. The predicted molar refractivity (Wildman–Crippen MR) is 233 cm³/mol. The van der Waals surface area contributed by atoms with Crippen molar-refractivity contribution in [3.05, 3.63) is 34.3 Å². The van der Waals surface area contributed by atoms with Gasteiger partial charge in [-0.2, -0.15) is 0 Å². The van der Waals surface area contributed by atoms with Gasteiger partial charge in [-0.3, -0.25) is 48.4 Å².